The first-order valence-electron chi connectivity index (χ1n) is 10.9. The first-order valence-corrected chi connectivity index (χ1v) is 11.9. The van der Waals surface area contributed by atoms with E-state index in [0.717, 1.165) is 17.3 Å². The maximum absolute atomic E-state index is 12.9. The zero-order chi connectivity index (χ0) is 22.5. The van der Waals surface area contributed by atoms with Crippen molar-refractivity contribution in [3.05, 3.63) is 77.6 Å². The van der Waals surface area contributed by atoms with Crippen LogP contribution in [0.4, 0.5) is 0 Å². The van der Waals surface area contributed by atoms with E-state index in [2.05, 4.69) is 31.0 Å². The van der Waals surface area contributed by atoms with Gasteiger partial charge in [-0.1, -0.05) is 42.1 Å². The molecule has 0 N–H and O–H groups in total. The minimum atomic E-state index is 0.0322. The molecular formula is C25H28N4O2S. The van der Waals surface area contributed by atoms with Crippen molar-refractivity contribution >= 4 is 23.6 Å². The molecule has 3 aromatic rings. The van der Waals surface area contributed by atoms with E-state index in [4.69, 9.17) is 0 Å². The lowest BCUT2D eigenvalue weighted by Crippen LogP contribution is -2.38. The Morgan fingerprint density at radius 1 is 0.938 bits per heavy atom. The fraction of sp³-hybridized carbons (Fsp3) is 0.320. The second-order valence-corrected chi connectivity index (χ2v) is 8.92. The second kappa shape index (κ2) is 10.0. The van der Waals surface area contributed by atoms with Gasteiger partial charge in [0.05, 0.1) is 11.4 Å². The molecule has 1 aliphatic heterocycles. The number of hydrogen-bond acceptors (Lipinski definition) is 4. The maximum atomic E-state index is 12.9. The van der Waals surface area contributed by atoms with Crippen molar-refractivity contribution in [2.24, 2.45) is 0 Å². The molecule has 1 saturated heterocycles. The number of carbonyl (C=O) groups excluding carboxylic acids is 2. The number of amides is 2. The Balaban J connectivity index is 1.36. The molecule has 32 heavy (non-hydrogen) atoms. The number of rotatable bonds is 5. The fourth-order valence-electron chi connectivity index (χ4n) is 3.93. The minimum absolute atomic E-state index is 0.0322. The van der Waals surface area contributed by atoms with Crippen LogP contribution < -0.4 is 0 Å². The highest BCUT2D eigenvalue weighted by molar-refractivity contribution is 7.99. The Labute approximate surface area is 193 Å². The van der Waals surface area contributed by atoms with E-state index in [1.807, 2.05) is 57.0 Å². The van der Waals surface area contributed by atoms with Gasteiger partial charge in [-0.2, -0.15) is 0 Å². The average molecular weight is 449 g/mol. The van der Waals surface area contributed by atoms with E-state index < -0.39 is 0 Å². The van der Waals surface area contributed by atoms with Crippen LogP contribution in [0.5, 0.6) is 0 Å². The molecule has 2 aromatic carbocycles. The lowest BCUT2D eigenvalue weighted by Gasteiger charge is -2.22. The lowest BCUT2D eigenvalue weighted by molar-refractivity contribution is -0.128. The second-order valence-electron chi connectivity index (χ2n) is 7.98. The molecule has 0 bridgehead atoms. The van der Waals surface area contributed by atoms with Gasteiger partial charge < -0.3 is 9.80 Å². The van der Waals surface area contributed by atoms with Crippen LogP contribution in [0, 0.1) is 13.8 Å². The molecule has 7 heteroatoms. The van der Waals surface area contributed by atoms with Crippen molar-refractivity contribution in [3.8, 4) is 5.69 Å². The summed E-state index contributed by atoms with van der Waals surface area (Å²) in [6.07, 6.45) is 4.49. The van der Waals surface area contributed by atoms with Gasteiger partial charge in [0, 0.05) is 44.1 Å². The predicted octanol–water partition coefficient (Wildman–Crippen LogP) is 3.96. The van der Waals surface area contributed by atoms with Gasteiger partial charge in [-0.3, -0.25) is 14.2 Å². The molecule has 2 heterocycles. The van der Waals surface area contributed by atoms with Crippen LogP contribution in [-0.4, -0.2) is 63.1 Å². The monoisotopic (exact) mass is 448 g/mol. The van der Waals surface area contributed by atoms with Crippen molar-refractivity contribution in [2.45, 2.75) is 25.4 Å². The number of imidazole rings is 1. The van der Waals surface area contributed by atoms with Gasteiger partial charge in [0.2, 0.25) is 5.91 Å². The summed E-state index contributed by atoms with van der Waals surface area (Å²) in [6, 6.07) is 15.5. The summed E-state index contributed by atoms with van der Waals surface area (Å²) < 4.78 is 2.04. The molecule has 166 valence electrons. The van der Waals surface area contributed by atoms with Gasteiger partial charge in [0.15, 0.2) is 5.16 Å². The van der Waals surface area contributed by atoms with Crippen LogP contribution in [0.15, 0.2) is 66.1 Å². The van der Waals surface area contributed by atoms with Gasteiger partial charge >= 0.3 is 0 Å². The van der Waals surface area contributed by atoms with Gasteiger partial charge in [-0.05, 0) is 49.6 Å². The summed E-state index contributed by atoms with van der Waals surface area (Å²) >= 11 is 1.46. The largest absolute Gasteiger partial charge is 0.340 e. The smallest absolute Gasteiger partial charge is 0.253 e. The zero-order valence-electron chi connectivity index (χ0n) is 18.5. The highest BCUT2D eigenvalue weighted by Crippen LogP contribution is 2.24. The topological polar surface area (TPSA) is 58.4 Å². The highest BCUT2D eigenvalue weighted by Gasteiger charge is 2.23. The Hall–Kier alpha value is -3.06. The Morgan fingerprint density at radius 2 is 1.69 bits per heavy atom. The minimum Gasteiger partial charge on any atom is -0.340 e. The highest BCUT2D eigenvalue weighted by atomic mass is 32.2. The molecule has 0 radical (unpaired) electrons. The SMILES string of the molecule is Cc1cccc(-n2ccnc2SCC(=O)N2CCCN(C(=O)c3ccccc3)CC2)c1C. The first-order chi connectivity index (χ1) is 15.5. The first kappa shape index (κ1) is 22.1. The molecule has 0 spiro atoms. The van der Waals surface area contributed by atoms with Gasteiger partial charge in [-0.15, -0.1) is 0 Å². The normalized spacial score (nSPS) is 14.3. The molecule has 0 saturated carbocycles. The van der Waals surface area contributed by atoms with Gasteiger partial charge in [0.25, 0.3) is 5.91 Å². The van der Waals surface area contributed by atoms with E-state index in [-0.39, 0.29) is 11.8 Å². The number of carbonyl (C=O) groups is 2. The number of thioether (sulfide) groups is 1. The summed E-state index contributed by atoms with van der Waals surface area (Å²) in [5.74, 6) is 0.443. The van der Waals surface area contributed by atoms with Gasteiger partial charge in [-0.25, -0.2) is 4.98 Å². The summed E-state index contributed by atoms with van der Waals surface area (Å²) in [5.41, 5.74) is 4.21. The number of hydrogen-bond donors (Lipinski definition) is 0. The third-order valence-electron chi connectivity index (χ3n) is 5.92. The molecule has 0 aliphatic carbocycles. The summed E-state index contributed by atoms with van der Waals surface area (Å²) in [5, 5.41) is 0.808. The summed E-state index contributed by atoms with van der Waals surface area (Å²) in [6.45, 7) is 6.65. The molecule has 4 rings (SSSR count). The fourth-order valence-corrected chi connectivity index (χ4v) is 4.80. The van der Waals surface area contributed by atoms with Crippen LogP contribution in [0.25, 0.3) is 5.69 Å². The van der Waals surface area contributed by atoms with E-state index in [9.17, 15) is 9.59 Å². The van der Waals surface area contributed by atoms with Crippen LogP contribution >= 0.6 is 11.8 Å². The molecule has 0 atom stereocenters. The molecule has 6 nitrogen and oxygen atoms in total. The molecule has 2 amide bonds. The predicted molar refractivity (Wildman–Crippen MR) is 127 cm³/mol. The van der Waals surface area contributed by atoms with Crippen molar-refractivity contribution in [1.82, 2.24) is 19.4 Å². The maximum Gasteiger partial charge on any atom is 0.253 e. The van der Waals surface area contributed by atoms with Crippen molar-refractivity contribution in [3.63, 3.8) is 0 Å². The summed E-state index contributed by atoms with van der Waals surface area (Å²) in [4.78, 5) is 33.9. The number of aryl methyl sites for hydroxylation is 1. The van der Waals surface area contributed by atoms with Crippen molar-refractivity contribution in [1.29, 1.82) is 0 Å². The van der Waals surface area contributed by atoms with E-state index in [1.54, 1.807) is 6.20 Å². The van der Waals surface area contributed by atoms with Crippen molar-refractivity contribution in [2.75, 3.05) is 31.9 Å². The molecule has 0 unspecified atom stereocenters. The number of aromatic nitrogens is 2. The van der Waals surface area contributed by atoms with Crippen LogP contribution in [0.1, 0.15) is 27.9 Å². The Kier molecular flexibility index (Phi) is 6.95. The van der Waals surface area contributed by atoms with Gasteiger partial charge in [0.1, 0.15) is 0 Å². The lowest BCUT2D eigenvalue weighted by atomic mass is 10.1. The standard InChI is InChI=1S/C25H28N4O2S/c1-19-8-6-11-22(20(19)2)29-15-12-26-25(29)32-18-23(30)27-13-7-14-28(17-16-27)24(31)21-9-4-3-5-10-21/h3-6,8-12,15H,7,13-14,16-18H2,1-2H3. The van der Waals surface area contributed by atoms with E-state index in [1.165, 1.54) is 22.9 Å². The third kappa shape index (κ3) is 4.88. The molecular weight excluding hydrogens is 420 g/mol. The van der Waals surface area contributed by atoms with E-state index >= 15 is 0 Å². The summed E-state index contributed by atoms with van der Waals surface area (Å²) in [7, 11) is 0. The Bertz CT molecular complexity index is 1100. The third-order valence-corrected chi connectivity index (χ3v) is 6.88. The Morgan fingerprint density at radius 3 is 2.50 bits per heavy atom. The van der Waals surface area contributed by atoms with Crippen LogP contribution in [0.3, 0.4) is 0 Å². The van der Waals surface area contributed by atoms with Crippen LogP contribution in [-0.2, 0) is 4.79 Å². The zero-order valence-corrected chi connectivity index (χ0v) is 19.3. The van der Waals surface area contributed by atoms with Crippen LogP contribution in [0.2, 0.25) is 0 Å². The number of benzene rings is 2. The molecule has 1 aromatic heterocycles. The number of nitrogens with zero attached hydrogens (tertiary/aromatic N) is 4. The quantitative estimate of drug-likeness (QED) is 0.555. The van der Waals surface area contributed by atoms with Crippen molar-refractivity contribution < 1.29 is 9.59 Å². The molecule has 1 fully saturated rings. The average Bonchev–Trinajstić information content (AvgIpc) is 3.14. The van der Waals surface area contributed by atoms with E-state index in [0.29, 0.717) is 37.5 Å². The molecule has 1 aliphatic rings.